The number of amides is 2. The second-order valence-electron chi connectivity index (χ2n) is 5.66. The molecule has 8 nitrogen and oxygen atoms in total. The smallest absolute Gasteiger partial charge is 0.395 e. The van der Waals surface area contributed by atoms with E-state index in [1.54, 1.807) is 0 Å². The summed E-state index contributed by atoms with van der Waals surface area (Å²) in [7, 11) is 0. The summed E-state index contributed by atoms with van der Waals surface area (Å²) in [4.78, 5) is 35.4. The third-order valence-electron chi connectivity index (χ3n) is 3.89. The van der Waals surface area contributed by atoms with Crippen LogP contribution in [0.15, 0.2) is 40.8 Å². The molecule has 1 aromatic carbocycles. The molecule has 2 heterocycles. The van der Waals surface area contributed by atoms with E-state index in [2.05, 4.69) is 5.32 Å². The SMILES string of the molecule is O=C(NCC1CC(=O)N(c2ccc(F)cc2)C1)c1ccc([N+](=O)[O-])o1. The lowest BCUT2D eigenvalue weighted by Crippen LogP contribution is -2.31. The summed E-state index contributed by atoms with van der Waals surface area (Å²) in [6, 6.07) is 7.93. The monoisotopic (exact) mass is 347 g/mol. The summed E-state index contributed by atoms with van der Waals surface area (Å²) in [6.45, 7) is 0.611. The normalized spacial score (nSPS) is 16.9. The van der Waals surface area contributed by atoms with E-state index in [0.717, 1.165) is 6.07 Å². The third-order valence-corrected chi connectivity index (χ3v) is 3.89. The number of nitrogens with zero attached hydrogens (tertiary/aromatic N) is 2. The minimum Gasteiger partial charge on any atom is -0.395 e. The van der Waals surface area contributed by atoms with Crippen molar-refractivity contribution >= 4 is 23.4 Å². The van der Waals surface area contributed by atoms with Gasteiger partial charge in [-0.3, -0.25) is 19.7 Å². The molecule has 1 atom stereocenters. The average Bonchev–Trinajstić information content (AvgIpc) is 3.20. The summed E-state index contributed by atoms with van der Waals surface area (Å²) >= 11 is 0. The molecule has 0 radical (unpaired) electrons. The Morgan fingerprint density at radius 3 is 2.68 bits per heavy atom. The molecule has 0 spiro atoms. The van der Waals surface area contributed by atoms with Gasteiger partial charge in [0.05, 0.1) is 6.07 Å². The van der Waals surface area contributed by atoms with Gasteiger partial charge in [0, 0.05) is 31.1 Å². The fraction of sp³-hybridized carbons (Fsp3) is 0.250. The summed E-state index contributed by atoms with van der Waals surface area (Å²) < 4.78 is 17.8. The van der Waals surface area contributed by atoms with E-state index in [4.69, 9.17) is 4.42 Å². The fourth-order valence-corrected chi connectivity index (χ4v) is 2.66. The van der Waals surface area contributed by atoms with Crippen LogP contribution in [-0.2, 0) is 4.79 Å². The molecule has 0 bridgehead atoms. The quantitative estimate of drug-likeness (QED) is 0.659. The van der Waals surface area contributed by atoms with Crippen LogP contribution in [0, 0.1) is 21.8 Å². The number of rotatable bonds is 5. The summed E-state index contributed by atoms with van der Waals surface area (Å²) in [5.74, 6) is -1.87. The highest BCUT2D eigenvalue weighted by molar-refractivity contribution is 5.96. The summed E-state index contributed by atoms with van der Waals surface area (Å²) in [5, 5.41) is 13.1. The molecular weight excluding hydrogens is 333 g/mol. The minimum atomic E-state index is -0.729. The van der Waals surface area contributed by atoms with Crippen LogP contribution in [0.4, 0.5) is 16.0 Å². The van der Waals surface area contributed by atoms with Gasteiger partial charge >= 0.3 is 5.88 Å². The number of carbonyl (C=O) groups is 2. The average molecular weight is 347 g/mol. The van der Waals surface area contributed by atoms with Gasteiger partial charge in [-0.1, -0.05) is 0 Å². The van der Waals surface area contributed by atoms with Gasteiger partial charge in [-0.05, 0) is 30.3 Å². The lowest BCUT2D eigenvalue weighted by Gasteiger charge is -2.16. The van der Waals surface area contributed by atoms with Crippen LogP contribution in [0.5, 0.6) is 0 Å². The first-order chi connectivity index (χ1) is 11.9. The molecule has 130 valence electrons. The van der Waals surface area contributed by atoms with E-state index in [1.165, 1.54) is 35.2 Å². The van der Waals surface area contributed by atoms with Gasteiger partial charge in [-0.25, -0.2) is 4.39 Å². The van der Waals surface area contributed by atoms with E-state index in [9.17, 15) is 24.1 Å². The first kappa shape index (κ1) is 16.6. The maximum absolute atomic E-state index is 13.0. The van der Waals surface area contributed by atoms with Crippen molar-refractivity contribution in [1.29, 1.82) is 0 Å². The highest BCUT2D eigenvalue weighted by atomic mass is 19.1. The lowest BCUT2D eigenvalue weighted by atomic mass is 10.1. The van der Waals surface area contributed by atoms with Gasteiger partial charge < -0.3 is 14.6 Å². The molecule has 3 rings (SSSR count). The topological polar surface area (TPSA) is 106 Å². The molecular formula is C16H14FN3O5. The number of halogens is 1. The van der Waals surface area contributed by atoms with Crippen LogP contribution in [0.1, 0.15) is 17.0 Å². The van der Waals surface area contributed by atoms with Gasteiger partial charge in [-0.15, -0.1) is 0 Å². The van der Waals surface area contributed by atoms with Crippen molar-refractivity contribution in [1.82, 2.24) is 5.32 Å². The zero-order valence-electron chi connectivity index (χ0n) is 13.0. The number of hydrogen-bond acceptors (Lipinski definition) is 5. The van der Waals surface area contributed by atoms with Crippen molar-refractivity contribution in [2.45, 2.75) is 6.42 Å². The predicted octanol–water partition coefficient (Wildman–Crippen LogP) is 2.11. The molecule has 0 saturated carbocycles. The fourth-order valence-electron chi connectivity index (χ4n) is 2.66. The van der Waals surface area contributed by atoms with E-state index in [-0.39, 0.29) is 36.4 Å². The van der Waals surface area contributed by atoms with Gasteiger partial charge in [0.1, 0.15) is 10.7 Å². The molecule has 1 aliphatic heterocycles. The van der Waals surface area contributed by atoms with E-state index in [0.29, 0.717) is 12.2 Å². The molecule has 1 saturated heterocycles. The highest BCUT2D eigenvalue weighted by Gasteiger charge is 2.31. The lowest BCUT2D eigenvalue weighted by molar-refractivity contribution is -0.402. The van der Waals surface area contributed by atoms with Crippen molar-refractivity contribution in [3.05, 3.63) is 58.1 Å². The molecule has 2 amide bonds. The Morgan fingerprint density at radius 1 is 1.32 bits per heavy atom. The summed E-state index contributed by atoms with van der Waals surface area (Å²) in [6.07, 6.45) is 0.246. The highest BCUT2D eigenvalue weighted by Crippen LogP contribution is 2.25. The van der Waals surface area contributed by atoms with Crippen LogP contribution in [0.2, 0.25) is 0 Å². The second kappa shape index (κ2) is 6.71. The molecule has 9 heteroatoms. The van der Waals surface area contributed by atoms with Crippen molar-refractivity contribution in [3.63, 3.8) is 0 Å². The molecule has 1 unspecified atom stereocenters. The standard InChI is InChI=1S/C16H14FN3O5/c17-11-1-3-12(4-2-11)19-9-10(7-14(19)21)8-18-16(22)13-5-6-15(25-13)20(23)24/h1-6,10H,7-9H2,(H,18,22). The zero-order chi connectivity index (χ0) is 18.0. The van der Waals surface area contributed by atoms with Crippen LogP contribution in [-0.4, -0.2) is 29.8 Å². The molecule has 1 aromatic heterocycles. The number of nitrogens with one attached hydrogen (secondary N) is 1. The number of furan rings is 1. The van der Waals surface area contributed by atoms with Gasteiger partial charge in [0.25, 0.3) is 5.91 Å². The minimum absolute atomic E-state index is 0.112. The summed E-state index contributed by atoms with van der Waals surface area (Å²) in [5.41, 5.74) is 0.599. The van der Waals surface area contributed by atoms with Crippen molar-refractivity contribution in [2.24, 2.45) is 5.92 Å². The first-order valence-electron chi connectivity index (χ1n) is 7.52. The largest absolute Gasteiger partial charge is 0.433 e. The van der Waals surface area contributed by atoms with Crippen molar-refractivity contribution < 1.29 is 23.3 Å². The number of carbonyl (C=O) groups excluding carboxylic acids is 2. The van der Waals surface area contributed by atoms with Gasteiger partial charge in [-0.2, -0.15) is 0 Å². The Hall–Kier alpha value is -3.23. The zero-order valence-corrected chi connectivity index (χ0v) is 13.0. The molecule has 25 heavy (non-hydrogen) atoms. The van der Waals surface area contributed by atoms with Crippen LogP contribution in [0.3, 0.4) is 0 Å². The number of nitro groups is 1. The molecule has 0 aliphatic carbocycles. The Labute approximate surface area is 141 Å². The molecule has 2 aromatic rings. The first-order valence-corrected chi connectivity index (χ1v) is 7.52. The Morgan fingerprint density at radius 2 is 2.04 bits per heavy atom. The van der Waals surface area contributed by atoms with Gasteiger partial charge in [0.2, 0.25) is 5.91 Å². The number of anilines is 1. The Bertz CT molecular complexity index is 817. The van der Waals surface area contributed by atoms with Gasteiger partial charge in [0.15, 0.2) is 5.76 Å². The van der Waals surface area contributed by atoms with Crippen LogP contribution in [0.25, 0.3) is 0 Å². The predicted molar refractivity (Wildman–Crippen MR) is 84.6 cm³/mol. The van der Waals surface area contributed by atoms with Crippen LogP contribution >= 0.6 is 0 Å². The maximum Gasteiger partial charge on any atom is 0.433 e. The third kappa shape index (κ3) is 3.65. The van der Waals surface area contributed by atoms with E-state index in [1.807, 2.05) is 0 Å². The van der Waals surface area contributed by atoms with E-state index >= 15 is 0 Å². The molecule has 1 fully saturated rings. The van der Waals surface area contributed by atoms with E-state index < -0.39 is 16.7 Å². The Kier molecular flexibility index (Phi) is 4.46. The van der Waals surface area contributed by atoms with Crippen molar-refractivity contribution in [2.75, 3.05) is 18.0 Å². The number of hydrogen-bond donors (Lipinski definition) is 1. The number of benzene rings is 1. The molecule has 1 aliphatic rings. The van der Waals surface area contributed by atoms with Crippen LogP contribution < -0.4 is 10.2 Å². The Balaban J connectivity index is 1.57. The molecule has 1 N–H and O–H groups in total. The maximum atomic E-state index is 13.0. The second-order valence-corrected chi connectivity index (χ2v) is 5.66. The van der Waals surface area contributed by atoms with Crippen molar-refractivity contribution in [3.8, 4) is 0 Å².